The molecule has 0 aromatic carbocycles. The van der Waals surface area contributed by atoms with E-state index < -0.39 is 0 Å². The first kappa shape index (κ1) is 12.0. The normalized spacial score (nSPS) is 20.6. The van der Waals surface area contributed by atoms with Crippen molar-refractivity contribution in [3.05, 3.63) is 36.5 Å². The van der Waals surface area contributed by atoms with Crippen LogP contribution < -0.4 is 0 Å². The fourth-order valence-electron chi connectivity index (χ4n) is 1.93. The average molecular weight is 204 g/mol. The zero-order valence-corrected chi connectivity index (χ0v) is 9.59. The summed E-state index contributed by atoms with van der Waals surface area (Å²) in [6.45, 7) is 9.67. The number of hydrogen-bond donors (Lipinski definition) is 0. The SMILES string of the molecule is C=CCCC(=O)C1=CC[C@H](C(=C)C)CC1. The van der Waals surface area contributed by atoms with Crippen LogP contribution >= 0.6 is 0 Å². The minimum absolute atomic E-state index is 0.301. The van der Waals surface area contributed by atoms with E-state index in [1.807, 2.05) is 0 Å². The van der Waals surface area contributed by atoms with Crippen LogP contribution in [0.15, 0.2) is 36.5 Å². The van der Waals surface area contributed by atoms with Gasteiger partial charge in [0, 0.05) is 6.42 Å². The Morgan fingerprint density at radius 3 is 2.87 bits per heavy atom. The Morgan fingerprint density at radius 1 is 1.67 bits per heavy atom. The molecule has 82 valence electrons. The largest absolute Gasteiger partial charge is 0.295 e. The van der Waals surface area contributed by atoms with E-state index in [0.29, 0.717) is 18.1 Å². The quantitative estimate of drug-likeness (QED) is 0.622. The van der Waals surface area contributed by atoms with Gasteiger partial charge >= 0.3 is 0 Å². The second kappa shape index (κ2) is 5.69. The summed E-state index contributed by atoms with van der Waals surface area (Å²) < 4.78 is 0. The van der Waals surface area contributed by atoms with Crippen molar-refractivity contribution in [1.82, 2.24) is 0 Å². The highest BCUT2D eigenvalue weighted by atomic mass is 16.1. The van der Waals surface area contributed by atoms with E-state index in [-0.39, 0.29) is 0 Å². The van der Waals surface area contributed by atoms with Crippen molar-refractivity contribution in [2.24, 2.45) is 5.92 Å². The summed E-state index contributed by atoms with van der Waals surface area (Å²) in [6, 6.07) is 0. The summed E-state index contributed by atoms with van der Waals surface area (Å²) in [7, 11) is 0. The summed E-state index contributed by atoms with van der Waals surface area (Å²) in [6.07, 6.45) is 8.32. The lowest BCUT2D eigenvalue weighted by atomic mass is 9.84. The Hall–Kier alpha value is -1.11. The Labute approximate surface area is 92.6 Å². The van der Waals surface area contributed by atoms with E-state index in [0.717, 1.165) is 31.3 Å². The van der Waals surface area contributed by atoms with Crippen LogP contribution in [0.3, 0.4) is 0 Å². The van der Waals surface area contributed by atoms with Crippen LogP contribution in [0, 0.1) is 5.92 Å². The van der Waals surface area contributed by atoms with E-state index >= 15 is 0 Å². The van der Waals surface area contributed by atoms with Crippen molar-refractivity contribution in [2.45, 2.75) is 39.0 Å². The lowest BCUT2D eigenvalue weighted by Crippen LogP contribution is -2.11. The van der Waals surface area contributed by atoms with Gasteiger partial charge in [-0.25, -0.2) is 0 Å². The van der Waals surface area contributed by atoms with Gasteiger partial charge < -0.3 is 0 Å². The van der Waals surface area contributed by atoms with Crippen molar-refractivity contribution in [3.8, 4) is 0 Å². The maximum Gasteiger partial charge on any atom is 0.158 e. The van der Waals surface area contributed by atoms with Gasteiger partial charge in [0.1, 0.15) is 0 Å². The maximum absolute atomic E-state index is 11.7. The third kappa shape index (κ3) is 3.50. The number of carbonyl (C=O) groups is 1. The highest BCUT2D eigenvalue weighted by Gasteiger charge is 2.18. The third-order valence-corrected chi connectivity index (χ3v) is 3.04. The Bertz CT molecular complexity index is 296. The fourth-order valence-corrected chi connectivity index (χ4v) is 1.93. The van der Waals surface area contributed by atoms with Gasteiger partial charge in [-0.3, -0.25) is 4.79 Å². The van der Waals surface area contributed by atoms with Gasteiger partial charge in [0.05, 0.1) is 0 Å². The standard InChI is InChI=1S/C14H20O/c1-4-5-6-14(15)13-9-7-12(8-10-13)11(2)3/h4,9,12H,1-2,5-8,10H2,3H3/t12-/m0/s1. The number of Topliss-reactive ketones (excluding diaryl/α,β-unsaturated/α-hetero) is 1. The van der Waals surface area contributed by atoms with Gasteiger partial charge in [-0.1, -0.05) is 24.3 Å². The van der Waals surface area contributed by atoms with Gasteiger partial charge in [0.25, 0.3) is 0 Å². The van der Waals surface area contributed by atoms with E-state index in [2.05, 4.69) is 26.2 Å². The van der Waals surface area contributed by atoms with E-state index in [1.165, 1.54) is 5.57 Å². The smallest absolute Gasteiger partial charge is 0.158 e. The van der Waals surface area contributed by atoms with Gasteiger partial charge in [-0.2, -0.15) is 0 Å². The lowest BCUT2D eigenvalue weighted by Gasteiger charge is -2.21. The van der Waals surface area contributed by atoms with E-state index in [4.69, 9.17) is 0 Å². The van der Waals surface area contributed by atoms with Crippen LogP contribution in [0.25, 0.3) is 0 Å². The minimum Gasteiger partial charge on any atom is -0.295 e. The second-order valence-electron chi connectivity index (χ2n) is 4.30. The highest BCUT2D eigenvalue weighted by molar-refractivity contribution is 5.95. The molecule has 0 aromatic heterocycles. The number of allylic oxidation sites excluding steroid dienone is 4. The molecular formula is C14H20O. The van der Waals surface area contributed by atoms with Crippen molar-refractivity contribution in [3.63, 3.8) is 0 Å². The molecular weight excluding hydrogens is 184 g/mol. The average Bonchev–Trinajstić information content (AvgIpc) is 2.26. The molecule has 1 atom stereocenters. The van der Waals surface area contributed by atoms with Crippen LogP contribution in [-0.4, -0.2) is 5.78 Å². The molecule has 0 spiro atoms. The Morgan fingerprint density at radius 2 is 2.40 bits per heavy atom. The molecule has 1 aliphatic rings. The first-order valence-electron chi connectivity index (χ1n) is 5.63. The van der Waals surface area contributed by atoms with Crippen LogP contribution in [0.2, 0.25) is 0 Å². The monoisotopic (exact) mass is 204 g/mol. The molecule has 0 N–H and O–H groups in total. The molecule has 1 heteroatoms. The van der Waals surface area contributed by atoms with Gasteiger partial charge in [-0.15, -0.1) is 6.58 Å². The van der Waals surface area contributed by atoms with Crippen LogP contribution in [-0.2, 0) is 4.79 Å². The summed E-state index contributed by atoms with van der Waals surface area (Å²) in [4.78, 5) is 11.7. The number of hydrogen-bond acceptors (Lipinski definition) is 1. The fraction of sp³-hybridized carbons (Fsp3) is 0.500. The van der Waals surface area contributed by atoms with Gasteiger partial charge in [0.2, 0.25) is 0 Å². The van der Waals surface area contributed by atoms with Crippen LogP contribution in [0.4, 0.5) is 0 Å². The van der Waals surface area contributed by atoms with Crippen molar-refractivity contribution in [2.75, 3.05) is 0 Å². The molecule has 0 aromatic rings. The molecule has 0 fully saturated rings. The molecule has 1 rings (SSSR count). The summed E-state index contributed by atoms with van der Waals surface area (Å²) in [5.41, 5.74) is 2.26. The molecule has 15 heavy (non-hydrogen) atoms. The predicted octanol–water partition coefficient (Wildman–Crippen LogP) is 3.82. The minimum atomic E-state index is 0.301. The Balaban J connectivity index is 2.49. The third-order valence-electron chi connectivity index (χ3n) is 3.04. The van der Waals surface area contributed by atoms with Crippen molar-refractivity contribution in [1.29, 1.82) is 0 Å². The summed E-state index contributed by atoms with van der Waals surface area (Å²) in [5.74, 6) is 0.885. The summed E-state index contributed by atoms with van der Waals surface area (Å²) >= 11 is 0. The molecule has 0 radical (unpaired) electrons. The van der Waals surface area contributed by atoms with Crippen molar-refractivity contribution < 1.29 is 4.79 Å². The van der Waals surface area contributed by atoms with Crippen molar-refractivity contribution >= 4 is 5.78 Å². The molecule has 0 amide bonds. The Kier molecular flexibility index (Phi) is 4.54. The lowest BCUT2D eigenvalue weighted by molar-refractivity contribution is -0.115. The number of carbonyl (C=O) groups excluding carboxylic acids is 1. The molecule has 1 aliphatic carbocycles. The zero-order valence-electron chi connectivity index (χ0n) is 9.59. The second-order valence-corrected chi connectivity index (χ2v) is 4.30. The van der Waals surface area contributed by atoms with Crippen LogP contribution in [0.1, 0.15) is 39.0 Å². The molecule has 0 aliphatic heterocycles. The molecule has 0 bridgehead atoms. The molecule has 0 saturated carbocycles. The summed E-state index contributed by atoms with van der Waals surface area (Å²) in [5, 5.41) is 0. The zero-order chi connectivity index (χ0) is 11.3. The molecule has 0 saturated heterocycles. The molecule has 0 heterocycles. The van der Waals surface area contributed by atoms with E-state index in [1.54, 1.807) is 6.08 Å². The molecule has 0 unspecified atom stereocenters. The number of rotatable bonds is 5. The van der Waals surface area contributed by atoms with E-state index in [9.17, 15) is 4.79 Å². The maximum atomic E-state index is 11.7. The highest BCUT2D eigenvalue weighted by Crippen LogP contribution is 2.29. The molecule has 1 nitrogen and oxygen atoms in total. The van der Waals surface area contributed by atoms with Gasteiger partial charge in [-0.05, 0) is 44.1 Å². The van der Waals surface area contributed by atoms with Crippen LogP contribution in [0.5, 0.6) is 0 Å². The topological polar surface area (TPSA) is 17.1 Å². The predicted molar refractivity (Wildman–Crippen MR) is 64.7 cm³/mol. The first-order valence-corrected chi connectivity index (χ1v) is 5.63. The van der Waals surface area contributed by atoms with Gasteiger partial charge in [0.15, 0.2) is 5.78 Å². The first-order chi connectivity index (χ1) is 7.15. The number of ketones is 1.